The van der Waals surface area contributed by atoms with E-state index < -0.39 is 0 Å². The van der Waals surface area contributed by atoms with Crippen LogP contribution in [0.5, 0.6) is 17.4 Å². The highest BCUT2D eigenvalue weighted by atomic mass is 16.5. The first kappa shape index (κ1) is 20.6. The first-order valence-electron chi connectivity index (χ1n) is 11.2. The van der Waals surface area contributed by atoms with Gasteiger partial charge in [-0.05, 0) is 42.5 Å². The Morgan fingerprint density at radius 1 is 0.686 bits per heavy atom. The van der Waals surface area contributed by atoms with E-state index in [1.807, 2.05) is 95.6 Å². The highest BCUT2D eigenvalue weighted by Gasteiger charge is 2.21. The number of benzene rings is 3. The minimum absolute atomic E-state index is 0.00827. The number of nitrogens with zero attached hydrogens (tertiary/aromatic N) is 4. The number of hydrogen-bond donors (Lipinski definition) is 1. The fourth-order valence-corrected chi connectivity index (χ4v) is 4.10. The fraction of sp³-hybridized carbons (Fsp3) is 0. The predicted molar refractivity (Wildman–Crippen MR) is 136 cm³/mol. The number of pyridine rings is 2. The van der Waals surface area contributed by atoms with Crippen molar-refractivity contribution in [3.05, 3.63) is 116 Å². The average Bonchev–Trinajstić information content (AvgIpc) is 3.33. The van der Waals surface area contributed by atoms with Crippen LogP contribution in [0.2, 0.25) is 0 Å². The van der Waals surface area contributed by atoms with Gasteiger partial charge in [0.1, 0.15) is 11.3 Å². The van der Waals surface area contributed by atoms with E-state index in [9.17, 15) is 5.11 Å². The largest absolute Gasteiger partial charge is 0.503 e. The summed E-state index contributed by atoms with van der Waals surface area (Å²) in [5, 5.41) is 11.4. The van der Waals surface area contributed by atoms with E-state index in [0.717, 1.165) is 22.5 Å². The summed E-state index contributed by atoms with van der Waals surface area (Å²) in [5.74, 6) is 1.40. The molecule has 0 radical (unpaired) electrons. The number of aromatic hydroxyl groups is 1. The Bertz CT molecular complexity index is 1620. The van der Waals surface area contributed by atoms with Crippen molar-refractivity contribution < 1.29 is 9.84 Å². The van der Waals surface area contributed by atoms with Crippen LogP contribution in [0.1, 0.15) is 0 Å². The van der Waals surface area contributed by atoms with Crippen molar-refractivity contribution in [1.29, 1.82) is 0 Å². The molecule has 0 aliphatic rings. The monoisotopic (exact) mass is 456 g/mol. The van der Waals surface area contributed by atoms with Crippen LogP contribution in [0.15, 0.2) is 116 Å². The molecule has 0 atom stereocenters. The van der Waals surface area contributed by atoms with E-state index in [2.05, 4.69) is 9.97 Å². The molecule has 0 aliphatic heterocycles. The van der Waals surface area contributed by atoms with E-state index in [0.29, 0.717) is 28.5 Å². The molecule has 0 spiro atoms. The summed E-state index contributed by atoms with van der Waals surface area (Å²) >= 11 is 0. The molecule has 3 aromatic heterocycles. The van der Waals surface area contributed by atoms with Gasteiger partial charge in [0.15, 0.2) is 11.5 Å². The number of imidazole rings is 1. The van der Waals surface area contributed by atoms with Crippen molar-refractivity contribution in [3.8, 4) is 45.7 Å². The van der Waals surface area contributed by atoms with Crippen LogP contribution in [-0.4, -0.2) is 24.6 Å². The summed E-state index contributed by atoms with van der Waals surface area (Å²) < 4.78 is 7.86. The van der Waals surface area contributed by atoms with Gasteiger partial charge >= 0.3 is 0 Å². The molecular formula is C29H20N4O2. The molecule has 35 heavy (non-hydrogen) atoms. The SMILES string of the molecule is Oc1c(Oc2ccccn2)ccc2nc(-c3ccccc3)n(-c3cccc(-c4ccccn4)c3)c12. The maximum absolute atomic E-state index is 11.4. The smallest absolute Gasteiger partial charge is 0.219 e. The first-order valence-corrected chi connectivity index (χ1v) is 11.2. The topological polar surface area (TPSA) is 73.1 Å². The van der Waals surface area contributed by atoms with Gasteiger partial charge in [-0.1, -0.05) is 54.6 Å². The molecule has 3 aromatic carbocycles. The molecule has 0 bridgehead atoms. The lowest BCUT2D eigenvalue weighted by molar-refractivity contribution is 0.406. The van der Waals surface area contributed by atoms with E-state index in [1.165, 1.54) is 0 Å². The van der Waals surface area contributed by atoms with Crippen molar-refractivity contribution in [2.24, 2.45) is 0 Å². The van der Waals surface area contributed by atoms with Gasteiger partial charge in [-0.2, -0.15) is 0 Å². The van der Waals surface area contributed by atoms with Gasteiger partial charge in [-0.3, -0.25) is 9.55 Å². The van der Waals surface area contributed by atoms with Crippen LogP contribution in [0.3, 0.4) is 0 Å². The second-order valence-electron chi connectivity index (χ2n) is 7.95. The quantitative estimate of drug-likeness (QED) is 0.314. The van der Waals surface area contributed by atoms with Crippen molar-refractivity contribution in [3.63, 3.8) is 0 Å². The van der Waals surface area contributed by atoms with Crippen LogP contribution in [0, 0.1) is 0 Å². The van der Waals surface area contributed by atoms with E-state index in [1.54, 1.807) is 24.5 Å². The van der Waals surface area contributed by atoms with Crippen LogP contribution < -0.4 is 4.74 Å². The van der Waals surface area contributed by atoms with Crippen molar-refractivity contribution in [1.82, 2.24) is 19.5 Å². The molecule has 0 unspecified atom stereocenters. The number of phenolic OH excluding ortho intramolecular Hbond substituents is 1. The van der Waals surface area contributed by atoms with Gasteiger partial charge in [0.2, 0.25) is 5.88 Å². The Hall–Kier alpha value is -4.97. The number of ether oxygens (including phenoxy) is 1. The van der Waals surface area contributed by atoms with Crippen LogP contribution >= 0.6 is 0 Å². The second kappa shape index (κ2) is 8.76. The Balaban J connectivity index is 1.58. The van der Waals surface area contributed by atoms with Gasteiger partial charge in [0.25, 0.3) is 0 Å². The summed E-state index contributed by atoms with van der Waals surface area (Å²) in [6.45, 7) is 0. The molecule has 0 amide bonds. The lowest BCUT2D eigenvalue weighted by Crippen LogP contribution is -1.99. The maximum Gasteiger partial charge on any atom is 0.219 e. The first-order chi connectivity index (χ1) is 17.3. The minimum atomic E-state index is -0.00827. The van der Waals surface area contributed by atoms with Gasteiger partial charge < -0.3 is 9.84 Å². The number of rotatable bonds is 5. The lowest BCUT2D eigenvalue weighted by atomic mass is 10.1. The zero-order valence-corrected chi connectivity index (χ0v) is 18.6. The van der Waals surface area contributed by atoms with E-state index in [-0.39, 0.29) is 5.75 Å². The second-order valence-corrected chi connectivity index (χ2v) is 7.95. The Morgan fingerprint density at radius 2 is 1.46 bits per heavy atom. The molecule has 0 fully saturated rings. The fourth-order valence-electron chi connectivity index (χ4n) is 4.10. The molecule has 1 N–H and O–H groups in total. The third-order valence-corrected chi connectivity index (χ3v) is 5.70. The van der Waals surface area contributed by atoms with Crippen molar-refractivity contribution >= 4 is 11.0 Å². The Morgan fingerprint density at radius 3 is 2.23 bits per heavy atom. The van der Waals surface area contributed by atoms with E-state index >= 15 is 0 Å². The van der Waals surface area contributed by atoms with Crippen molar-refractivity contribution in [2.75, 3.05) is 0 Å². The lowest BCUT2D eigenvalue weighted by Gasteiger charge is -2.13. The molecule has 0 aliphatic carbocycles. The highest BCUT2D eigenvalue weighted by Crippen LogP contribution is 2.40. The third-order valence-electron chi connectivity index (χ3n) is 5.70. The Kier molecular flexibility index (Phi) is 5.16. The summed E-state index contributed by atoms with van der Waals surface area (Å²) in [6.07, 6.45) is 3.42. The van der Waals surface area contributed by atoms with Crippen LogP contribution in [0.4, 0.5) is 0 Å². The predicted octanol–water partition coefficient (Wildman–Crippen LogP) is 6.65. The molecule has 6 aromatic rings. The van der Waals surface area contributed by atoms with E-state index in [4.69, 9.17) is 9.72 Å². The zero-order valence-electron chi connectivity index (χ0n) is 18.6. The molecule has 0 saturated heterocycles. The number of phenols is 1. The number of hydrogen-bond acceptors (Lipinski definition) is 5. The normalized spacial score (nSPS) is 11.0. The maximum atomic E-state index is 11.4. The van der Waals surface area contributed by atoms with Crippen LogP contribution in [0.25, 0.3) is 39.4 Å². The average molecular weight is 457 g/mol. The summed E-state index contributed by atoms with van der Waals surface area (Å²) in [6, 6.07) is 32.7. The molecule has 6 rings (SSSR count). The number of aromatic nitrogens is 4. The number of fused-ring (bicyclic) bond motifs is 1. The minimum Gasteiger partial charge on any atom is -0.503 e. The Labute approximate surface area is 201 Å². The molecule has 6 nitrogen and oxygen atoms in total. The molecule has 168 valence electrons. The standard InChI is InChI=1S/C29H20N4O2/c34-28-25(35-26-14-5-7-18-31-26)16-15-24-27(28)33(29(32-24)20-9-2-1-3-10-20)22-12-8-11-21(19-22)23-13-4-6-17-30-23/h1-19,34H. The van der Waals surface area contributed by atoms with Gasteiger partial charge in [-0.15, -0.1) is 0 Å². The molecule has 0 saturated carbocycles. The molecule has 3 heterocycles. The summed E-state index contributed by atoms with van der Waals surface area (Å²) in [7, 11) is 0. The van der Waals surface area contributed by atoms with Gasteiger partial charge in [0, 0.05) is 35.3 Å². The summed E-state index contributed by atoms with van der Waals surface area (Å²) in [5.41, 5.74) is 4.81. The van der Waals surface area contributed by atoms with Crippen molar-refractivity contribution in [2.45, 2.75) is 0 Å². The van der Waals surface area contributed by atoms with Gasteiger partial charge in [-0.25, -0.2) is 9.97 Å². The zero-order chi connectivity index (χ0) is 23.6. The molecular weight excluding hydrogens is 436 g/mol. The molecule has 6 heteroatoms. The summed E-state index contributed by atoms with van der Waals surface area (Å²) in [4.78, 5) is 13.6. The highest BCUT2D eigenvalue weighted by molar-refractivity contribution is 5.90. The third kappa shape index (κ3) is 3.87. The van der Waals surface area contributed by atoms with Gasteiger partial charge in [0.05, 0.1) is 11.2 Å². The van der Waals surface area contributed by atoms with Crippen LogP contribution in [-0.2, 0) is 0 Å².